The standard InChI is InChI=1S/C14H18BrNO2/c1-16(10-6-3-2-4-7-10)12-9-5-8-11(15)13(12)14(17)18/h5,8-10H,2-4,6-7H2,1H3,(H,17,18). The Morgan fingerprint density at radius 1 is 1.33 bits per heavy atom. The molecule has 4 heteroatoms. The third kappa shape index (κ3) is 2.69. The van der Waals surface area contributed by atoms with Gasteiger partial charge in [0.1, 0.15) is 0 Å². The highest BCUT2D eigenvalue weighted by Gasteiger charge is 2.23. The van der Waals surface area contributed by atoms with Gasteiger partial charge in [-0.15, -0.1) is 0 Å². The van der Waals surface area contributed by atoms with E-state index in [1.807, 2.05) is 19.2 Å². The summed E-state index contributed by atoms with van der Waals surface area (Å²) < 4.78 is 0.648. The number of rotatable bonds is 3. The van der Waals surface area contributed by atoms with Gasteiger partial charge in [-0.05, 0) is 40.9 Å². The Morgan fingerprint density at radius 2 is 2.00 bits per heavy atom. The maximum Gasteiger partial charge on any atom is 0.338 e. The van der Waals surface area contributed by atoms with E-state index in [9.17, 15) is 9.90 Å². The maximum absolute atomic E-state index is 11.4. The molecule has 0 radical (unpaired) electrons. The molecule has 18 heavy (non-hydrogen) atoms. The van der Waals surface area contributed by atoms with E-state index in [4.69, 9.17) is 0 Å². The van der Waals surface area contributed by atoms with Crippen molar-refractivity contribution in [2.45, 2.75) is 38.1 Å². The van der Waals surface area contributed by atoms with Gasteiger partial charge in [0.25, 0.3) is 0 Å². The molecule has 1 aromatic carbocycles. The fourth-order valence-corrected chi connectivity index (χ4v) is 3.21. The van der Waals surface area contributed by atoms with Gasteiger partial charge in [-0.3, -0.25) is 0 Å². The van der Waals surface area contributed by atoms with Crippen molar-refractivity contribution in [3.05, 3.63) is 28.2 Å². The molecule has 0 unspecified atom stereocenters. The van der Waals surface area contributed by atoms with Gasteiger partial charge >= 0.3 is 5.97 Å². The van der Waals surface area contributed by atoms with E-state index >= 15 is 0 Å². The first kappa shape index (κ1) is 13.4. The van der Waals surface area contributed by atoms with E-state index in [-0.39, 0.29) is 0 Å². The zero-order chi connectivity index (χ0) is 13.1. The smallest absolute Gasteiger partial charge is 0.338 e. The van der Waals surface area contributed by atoms with Crippen LogP contribution in [0.2, 0.25) is 0 Å². The van der Waals surface area contributed by atoms with Gasteiger partial charge in [0.05, 0.1) is 11.3 Å². The van der Waals surface area contributed by atoms with Crippen LogP contribution in [-0.2, 0) is 0 Å². The first-order valence-electron chi connectivity index (χ1n) is 6.36. The van der Waals surface area contributed by atoms with Crippen molar-refractivity contribution in [1.29, 1.82) is 0 Å². The summed E-state index contributed by atoms with van der Waals surface area (Å²) in [6, 6.07) is 6.03. The minimum atomic E-state index is -0.875. The summed E-state index contributed by atoms with van der Waals surface area (Å²) in [6.45, 7) is 0. The van der Waals surface area contributed by atoms with Crippen LogP contribution >= 0.6 is 15.9 Å². The zero-order valence-corrected chi connectivity index (χ0v) is 12.1. The number of carboxylic acids is 1. The van der Waals surface area contributed by atoms with Crippen molar-refractivity contribution in [2.75, 3.05) is 11.9 Å². The topological polar surface area (TPSA) is 40.5 Å². The van der Waals surface area contributed by atoms with Gasteiger partial charge in [-0.2, -0.15) is 0 Å². The van der Waals surface area contributed by atoms with Crippen molar-refractivity contribution in [1.82, 2.24) is 0 Å². The Balaban J connectivity index is 2.31. The molecule has 1 aliphatic carbocycles. The van der Waals surface area contributed by atoms with E-state index in [1.54, 1.807) is 6.07 Å². The number of hydrogen-bond acceptors (Lipinski definition) is 2. The molecule has 0 heterocycles. The average Bonchev–Trinajstić information content (AvgIpc) is 2.38. The summed E-state index contributed by atoms with van der Waals surface area (Å²) in [5.41, 5.74) is 1.18. The Bertz CT molecular complexity index is 441. The van der Waals surface area contributed by atoms with E-state index in [0.717, 1.165) is 18.5 Å². The lowest BCUT2D eigenvalue weighted by atomic mass is 9.94. The number of nitrogens with zero attached hydrogens (tertiary/aromatic N) is 1. The Morgan fingerprint density at radius 3 is 2.61 bits per heavy atom. The number of carboxylic acid groups (broad SMARTS) is 1. The van der Waals surface area contributed by atoms with Crippen molar-refractivity contribution in [2.24, 2.45) is 0 Å². The Hall–Kier alpha value is -1.03. The van der Waals surface area contributed by atoms with Crippen LogP contribution in [0.1, 0.15) is 42.5 Å². The highest BCUT2D eigenvalue weighted by Crippen LogP contribution is 2.31. The molecule has 0 aliphatic heterocycles. The molecular formula is C14H18BrNO2. The molecule has 0 atom stereocenters. The van der Waals surface area contributed by atoms with Crippen molar-refractivity contribution < 1.29 is 9.90 Å². The lowest BCUT2D eigenvalue weighted by Gasteiger charge is -2.33. The molecule has 0 saturated heterocycles. The first-order chi connectivity index (χ1) is 8.61. The van der Waals surface area contributed by atoms with Crippen LogP contribution in [0.25, 0.3) is 0 Å². The Labute approximate surface area is 116 Å². The maximum atomic E-state index is 11.4. The van der Waals surface area contributed by atoms with Crippen LogP contribution in [0, 0.1) is 0 Å². The van der Waals surface area contributed by atoms with E-state index in [0.29, 0.717) is 16.1 Å². The molecule has 0 bridgehead atoms. The number of carbonyl (C=O) groups is 1. The SMILES string of the molecule is CN(c1cccc(Br)c1C(=O)O)C1CCCCC1. The van der Waals surface area contributed by atoms with Crippen LogP contribution in [0.4, 0.5) is 5.69 Å². The second-order valence-corrected chi connectivity index (χ2v) is 5.70. The molecule has 98 valence electrons. The minimum Gasteiger partial charge on any atom is -0.478 e. The van der Waals surface area contributed by atoms with E-state index < -0.39 is 5.97 Å². The van der Waals surface area contributed by atoms with E-state index in [2.05, 4.69) is 20.8 Å². The minimum absolute atomic E-state index is 0.366. The quantitative estimate of drug-likeness (QED) is 0.920. The van der Waals surface area contributed by atoms with Gasteiger partial charge in [-0.25, -0.2) is 4.79 Å². The van der Waals surface area contributed by atoms with Crippen molar-refractivity contribution >= 4 is 27.6 Å². The third-order valence-corrected chi connectivity index (χ3v) is 4.37. The largest absolute Gasteiger partial charge is 0.478 e. The molecule has 1 aliphatic rings. The summed E-state index contributed by atoms with van der Waals surface area (Å²) in [7, 11) is 2.00. The van der Waals surface area contributed by atoms with Crippen LogP contribution < -0.4 is 4.90 Å². The molecule has 0 aromatic heterocycles. The molecule has 0 amide bonds. The predicted octanol–water partition coefficient (Wildman–Crippen LogP) is 3.92. The normalized spacial score (nSPS) is 16.6. The molecule has 2 rings (SSSR count). The van der Waals surface area contributed by atoms with Crippen molar-refractivity contribution in [3.8, 4) is 0 Å². The van der Waals surface area contributed by atoms with Crippen LogP contribution in [-0.4, -0.2) is 24.2 Å². The summed E-state index contributed by atoms with van der Waals surface area (Å²) in [6.07, 6.45) is 6.09. The van der Waals surface area contributed by atoms with Gasteiger partial charge < -0.3 is 10.0 Å². The summed E-state index contributed by atoms with van der Waals surface area (Å²) >= 11 is 3.33. The zero-order valence-electron chi connectivity index (χ0n) is 10.5. The monoisotopic (exact) mass is 311 g/mol. The predicted molar refractivity (Wildman–Crippen MR) is 76.4 cm³/mol. The van der Waals surface area contributed by atoms with Crippen molar-refractivity contribution in [3.63, 3.8) is 0 Å². The molecule has 1 N–H and O–H groups in total. The lowest BCUT2D eigenvalue weighted by molar-refractivity contribution is 0.0696. The molecule has 1 aromatic rings. The number of halogens is 1. The van der Waals surface area contributed by atoms with Gasteiger partial charge in [-0.1, -0.05) is 25.3 Å². The molecular weight excluding hydrogens is 294 g/mol. The number of hydrogen-bond donors (Lipinski definition) is 1. The number of anilines is 1. The third-order valence-electron chi connectivity index (χ3n) is 3.71. The van der Waals surface area contributed by atoms with Crippen LogP contribution in [0.15, 0.2) is 22.7 Å². The average molecular weight is 312 g/mol. The molecule has 0 spiro atoms. The second kappa shape index (κ2) is 5.74. The summed E-state index contributed by atoms with van der Waals surface area (Å²) in [5, 5.41) is 9.34. The van der Waals surface area contributed by atoms with E-state index in [1.165, 1.54) is 19.3 Å². The fraction of sp³-hybridized carbons (Fsp3) is 0.500. The Kier molecular flexibility index (Phi) is 4.27. The summed E-state index contributed by atoms with van der Waals surface area (Å²) in [4.78, 5) is 13.5. The number of benzene rings is 1. The molecule has 1 fully saturated rings. The fourth-order valence-electron chi connectivity index (χ4n) is 2.68. The van der Waals surface area contributed by atoms with Gasteiger partial charge in [0.15, 0.2) is 0 Å². The second-order valence-electron chi connectivity index (χ2n) is 4.84. The molecule has 3 nitrogen and oxygen atoms in total. The lowest BCUT2D eigenvalue weighted by Crippen LogP contribution is -2.34. The van der Waals surface area contributed by atoms with Gasteiger partial charge in [0.2, 0.25) is 0 Å². The highest BCUT2D eigenvalue weighted by atomic mass is 79.9. The van der Waals surface area contributed by atoms with Crippen LogP contribution in [0.5, 0.6) is 0 Å². The van der Waals surface area contributed by atoms with Crippen LogP contribution in [0.3, 0.4) is 0 Å². The van der Waals surface area contributed by atoms with Gasteiger partial charge in [0, 0.05) is 17.6 Å². The first-order valence-corrected chi connectivity index (χ1v) is 7.15. The summed E-state index contributed by atoms with van der Waals surface area (Å²) in [5.74, 6) is -0.875. The number of aromatic carboxylic acids is 1. The molecule has 1 saturated carbocycles. The highest BCUT2D eigenvalue weighted by molar-refractivity contribution is 9.10.